The number of nitrogens with zero attached hydrogens (tertiary/aromatic N) is 1. The van der Waals surface area contributed by atoms with E-state index in [-0.39, 0.29) is 24.2 Å². The summed E-state index contributed by atoms with van der Waals surface area (Å²) in [5, 5.41) is 13.7. The Morgan fingerprint density at radius 3 is 2.82 bits per heavy atom. The molecule has 1 amide bonds. The highest BCUT2D eigenvalue weighted by molar-refractivity contribution is 5.77. The molecule has 2 rings (SSSR count). The predicted octanol–water partition coefficient (Wildman–Crippen LogP) is 2.76. The van der Waals surface area contributed by atoms with E-state index in [1.54, 1.807) is 6.08 Å². The zero-order chi connectivity index (χ0) is 15.9. The van der Waals surface area contributed by atoms with Crippen molar-refractivity contribution in [1.82, 2.24) is 5.32 Å². The van der Waals surface area contributed by atoms with Crippen LogP contribution >= 0.6 is 0 Å². The minimum atomic E-state index is -0.455. The standard InChI is InChI=1S/C16H20N2O4/c1-2-5-12-10-14(18(20)21)8-9-15(12)22-11-16(19)17-13-6-3-4-7-13/h2,8-10,13H,1,3-7,11H2,(H,17,19). The summed E-state index contributed by atoms with van der Waals surface area (Å²) >= 11 is 0. The average Bonchev–Trinajstić information content (AvgIpc) is 2.99. The van der Waals surface area contributed by atoms with Crippen LogP contribution in [0.4, 0.5) is 5.69 Å². The molecule has 22 heavy (non-hydrogen) atoms. The van der Waals surface area contributed by atoms with E-state index in [1.807, 2.05) is 0 Å². The van der Waals surface area contributed by atoms with Gasteiger partial charge in [0.05, 0.1) is 4.92 Å². The van der Waals surface area contributed by atoms with Crippen molar-refractivity contribution in [1.29, 1.82) is 0 Å². The third-order valence-corrected chi connectivity index (χ3v) is 3.70. The van der Waals surface area contributed by atoms with Crippen molar-refractivity contribution < 1.29 is 14.5 Å². The largest absolute Gasteiger partial charge is 0.483 e. The summed E-state index contributed by atoms with van der Waals surface area (Å²) in [6.07, 6.45) is 6.43. The van der Waals surface area contributed by atoms with Gasteiger partial charge in [0.15, 0.2) is 6.61 Å². The highest BCUT2D eigenvalue weighted by atomic mass is 16.6. The van der Waals surface area contributed by atoms with Crippen molar-refractivity contribution in [3.63, 3.8) is 0 Å². The number of non-ortho nitro benzene ring substituents is 1. The number of nitro benzene ring substituents is 1. The molecule has 0 aromatic heterocycles. The fraction of sp³-hybridized carbons (Fsp3) is 0.438. The molecule has 0 unspecified atom stereocenters. The first-order valence-electron chi connectivity index (χ1n) is 7.40. The van der Waals surface area contributed by atoms with Crippen LogP contribution < -0.4 is 10.1 Å². The molecule has 1 aliphatic carbocycles. The Morgan fingerprint density at radius 2 is 2.18 bits per heavy atom. The maximum absolute atomic E-state index is 11.9. The van der Waals surface area contributed by atoms with Crippen LogP contribution in [-0.2, 0) is 11.2 Å². The third kappa shape index (κ3) is 4.31. The van der Waals surface area contributed by atoms with Gasteiger partial charge in [0, 0.05) is 23.7 Å². The molecule has 1 aliphatic rings. The number of hydrogen-bond acceptors (Lipinski definition) is 4. The lowest BCUT2D eigenvalue weighted by Crippen LogP contribution is -2.36. The van der Waals surface area contributed by atoms with Crippen LogP contribution in [0.15, 0.2) is 30.9 Å². The molecule has 1 aromatic rings. The first-order chi connectivity index (χ1) is 10.6. The Hall–Kier alpha value is -2.37. The zero-order valence-electron chi connectivity index (χ0n) is 12.4. The van der Waals surface area contributed by atoms with Gasteiger partial charge in [0.1, 0.15) is 5.75 Å². The molecular formula is C16H20N2O4. The van der Waals surface area contributed by atoms with Crippen LogP contribution in [0.5, 0.6) is 5.75 Å². The number of amides is 1. The molecule has 1 fully saturated rings. The molecule has 1 N–H and O–H groups in total. The summed E-state index contributed by atoms with van der Waals surface area (Å²) in [4.78, 5) is 22.2. The molecule has 0 aliphatic heterocycles. The van der Waals surface area contributed by atoms with Crippen molar-refractivity contribution in [2.24, 2.45) is 0 Å². The molecule has 6 nitrogen and oxygen atoms in total. The fourth-order valence-electron chi connectivity index (χ4n) is 2.62. The van der Waals surface area contributed by atoms with Gasteiger partial charge in [-0.2, -0.15) is 0 Å². The van der Waals surface area contributed by atoms with Crippen molar-refractivity contribution in [3.8, 4) is 5.75 Å². The Kier molecular flexibility index (Phi) is 5.52. The van der Waals surface area contributed by atoms with Gasteiger partial charge in [-0.1, -0.05) is 18.9 Å². The summed E-state index contributed by atoms with van der Waals surface area (Å²) in [6.45, 7) is 3.55. The van der Waals surface area contributed by atoms with Gasteiger partial charge in [-0.25, -0.2) is 0 Å². The number of nitro groups is 1. The molecule has 0 bridgehead atoms. The van der Waals surface area contributed by atoms with Gasteiger partial charge in [0.2, 0.25) is 0 Å². The topological polar surface area (TPSA) is 81.5 Å². The van der Waals surface area contributed by atoms with Gasteiger partial charge < -0.3 is 10.1 Å². The SMILES string of the molecule is C=CCc1cc([N+](=O)[O-])ccc1OCC(=O)NC1CCCC1. The number of benzene rings is 1. The van der Waals surface area contributed by atoms with E-state index in [4.69, 9.17) is 4.74 Å². The molecule has 118 valence electrons. The highest BCUT2D eigenvalue weighted by Gasteiger charge is 2.18. The molecule has 0 radical (unpaired) electrons. The Labute approximate surface area is 129 Å². The smallest absolute Gasteiger partial charge is 0.269 e. The summed E-state index contributed by atoms with van der Waals surface area (Å²) in [6, 6.07) is 4.60. The van der Waals surface area contributed by atoms with Crippen LogP contribution in [0.25, 0.3) is 0 Å². The normalized spacial score (nSPS) is 14.5. The maximum atomic E-state index is 11.9. The average molecular weight is 304 g/mol. The minimum absolute atomic E-state index is 0.000364. The molecule has 0 saturated heterocycles. The lowest BCUT2D eigenvalue weighted by molar-refractivity contribution is -0.384. The van der Waals surface area contributed by atoms with Crippen molar-refractivity contribution in [2.75, 3.05) is 6.61 Å². The number of allylic oxidation sites excluding steroid dienone is 1. The quantitative estimate of drug-likeness (QED) is 0.477. The molecule has 0 heterocycles. The van der Waals surface area contributed by atoms with E-state index < -0.39 is 4.92 Å². The highest BCUT2D eigenvalue weighted by Crippen LogP contribution is 2.25. The lowest BCUT2D eigenvalue weighted by atomic mass is 10.1. The van der Waals surface area contributed by atoms with Crippen LogP contribution in [0.3, 0.4) is 0 Å². The van der Waals surface area contributed by atoms with Crippen molar-refractivity contribution in [2.45, 2.75) is 38.1 Å². The second-order valence-corrected chi connectivity index (χ2v) is 5.38. The fourth-order valence-corrected chi connectivity index (χ4v) is 2.62. The van der Waals surface area contributed by atoms with Gasteiger partial charge in [-0.05, 0) is 25.3 Å². The van der Waals surface area contributed by atoms with E-state index in [2.05, 4.69) is 11.9 Å². The number of hydrogen-bond donors (Lipinski definition) is 1. The van der Waals surface area contributed by atoms with Gasteiger partial charge in [0.25, 0.3) is 11.6 Å². The van der Waals surface area contributed by atoms with Crippen LogP contribution in [0, 0.1) is 10.1 Å². The monoisotopic (exact) mass is 304 g/mol. The molecule has 0 spiro atoms. The van der Waals surface area contributed by atoms with Crippen molar-refractivity contribution in [3.05, 3.63) is 46.5 Å². The Morgan fingerprint density at radius 1 is 1.45 bits per heavy atom. The number of rotatable bonds is 7. The van der Waals surface area contributed by atoms with Gasteiger partial charge in [-0.15, -0.1) is 6.58 Å². The van der Waals surface area contributed by atoms with Gasteiger partial charge in [-0.3, -0.25) is 14.9 Å². The summed E-state index contributed by atoms with van der Waals surface area (Å²) < 4.78 is 5.51. The van der Waals surface area contributed by atoms with E-state index >= 15 is 0 Å². The first kappa shape index (κ1) is 16.0. The third-order valence-electron chi connectivity index (χ3n) is 3.70. The molecular weight excluding hydrogens is 284 g/mol. The minimum Gasteiger partial charge on any atom is -0.483 e. The Balaban J connectivity index is 1.97. The van der Waals surface area contributed by atoms with Gasteiger partial charge >= 0.3 is 0 Å². The number of carbonyl (C=O) groups excluding carboxylic acids is 1. The van der Waals surface area contributed by atoms with Crippen LogP contribution in [-0.4, -0.2) is 23.5 Å². The zero-order valence-corrected chi connectivity index (χ0v) is 12.4. The maximum Gasteiger partial charge on any atom is 0.269 e. The number of nitrogens with one attached hydrogen (secondary N) is 1. The summed E-state index contributed by atoms with van der Waals surface area (Å²) in [7, 11) is 0. The summed E-state index contributed by atoms with van der Waals surface area (Å²) in [5.41, 5.74) is 0.650. The molecule has 0 atom stereocenters. The molecule has 1 saturated carbocycles. The van der Waals surface area contributed by atoms with E-state index in [0.29, 0.717) is 17.7 Å². The number of ether oxygens (including phenoxy) is 1. The van der Waals surface area contributed by atoms with E-state index in [0.717, 1.165) is 25.7 Å². The van der Waals surface area contributed by atoms with Crippen molar-refractivity contribution >= 4 is 11.6 Å². The Bertz CT molecular complexity index is 565. The second-order valence-electron chi connectivity index (χ2n) is 5.38. The lowest BCUT2D eigenvalue weighted by Gasteiger charge is -2.14. The number of carbonyl (C=O) groups is 1. The molecule has 1 aromatic carbocycles. The predicted molar refractivity (Wildman–Crippen MR) is 82.9 cm³/mol. The first-order valence-corrected chi connectivity index (χ1v) is 7.40. The second kappa shape index (κ2) is 7.59. The summed E-state index contributed by atoms with van der Waals surface area (Å²) in [5.74, 6) is 0.321. The molecule has 6 heteroatoms. The van der Waals surface area contributed by atoms with E-state index in [1.165, 1.54) is 18.2 Å². The van der Waals surface area contributed by atoms with E-state index in [9.17, 15) is 14.9 Å². The van der Waals surface area contributed by atoms with Crippen LogP contribution in [0.1, 0.15) is 31.2 Å². The van der Waals surface area contributed by atoms with Crippen LogP contribution in [0.2, 0.25) is 0 Å².